The normalized spacial score (nSPS) is 11.0. The number of hydrogen-bond acceptors (Lipinski definition) is 5. The van der Waals surface area contributed by atoms with E-state index in [1.54, 1.807) is 48.5 Å². The van der Waals surface area contributed by atoms with Crippen molar-refractivity contribution in [2.45, 2.75) is 4.90 Å². The van der Waals surface area contributed by atoms with Gasteiger partial charge in [0.05, 0.1) is 5.75 Å². The van der Waals surface area contributed by atoms with Crippen LogP contribution < -0.4 is 16.0 Å². The Morgan fingerprint density at radius 1 is 0.865 bits per heavy atom. The number of halogens is 1. The van der Waals surface area contributed by atoms with Gasteiger partial charge in [-0.3, -0.25) is 14.4 Å². The molecule has 4 rings (SSSR count). The summed E-state index contributed by atoms with van der Waals surface area (Å²) < 4.78 is 1.09. The topological polar surface area (TPSA) is 87.3 Å². The van der Waals surface area contributed by atoms with Gasteiger partial charge in [0.25, 0.3) is 11.8 Å². The van der Waals surface area contributed by atoms with Crippen LogP contribution in [0.5, 0.6) is 0 Å². The van der Waals surface area contributed by atoms with Crippen LogP contribution in [0.25, 0.3) is 6.08 Å². The smallest absolute Gasteiger partial charge is 0.272 e. The first-order chi connectivity index (χ1) is 18.0. The fourth-order valence-electron chi connectivity index (χ4n) is 3.21. The van der Waals surface area contributed by atoms with Crippen molar-refractivity contribution in [3.8, 4) is 0 Å². The van der Waals surface area contributed by atoms with Gasteiger partial charge in [-0.2, -0.15) is 11.3 Å². The van der Waals surface area contributed by atoms with Crippen LogP contribution in [0.4, 0.5) is 11.4 Å². The number of benzene rings is 3. The third-order valence-electron chi connectivity index (χ3n) is 4.97. The molecule has 0 saturated carbocycles. The number of thiophene rings is 1. The lowest BCUT2D eigenvalue weighted by Crippen LogP contribution is -2.30. The Bertz CT molecular complexity index is 1410. The van der Waals surface area contributed by atoms with Crippen LogP contribution in [-0.2, 0) is 9.59 Å². The molecular formula is C28H22IN3O3S2. The summed E-state index contributed by atoms with van der Waals surface area (Å²) in [5.41, 5.74) is 2.69. The Hall–Kier alpha value is -3.41. The molecule has 1 aromatic heterocycles. The third-order valence-corrected chi connectivity index (χ3v) is 7.39. The maximum atomic E-state index is 13.1. The van der Waals surface area contributed by atoms with E-state index in [0.717, 1.165) is 19.7 Å². The van der Waals surface area contributed by atoms with E-state index in [1.807, 2.05) is 53.2 Å². The van der Waals surface area contributed by atoms with Gasteiger partial charge in [0, 0.05) is 25.4 Å². The Kier molecular flexibility index (Phi) is 9.52. The van der Waals surface area contributed by atoms with Gasteiger partial charge in [0.1, 0.15) is 5.70 Å². The monoisotopic (exact) mass is 639 g/mol. The molecular weight excluding hydrogens is 617 g/mol. The predicted molar refractivity (Wildman–Crippen MR) is 160 cm³/mol. The van der Waals surface area contributed by atoms with Crippen LogP contribution in [0, 0.1) is 3.57 Å². The van der Waals surface area contributed by atoms with Crippen LogP contribution in [0.3, 0.4) is 0 Å². The second-order valence-corrected chi connectivity index (χ2v) is 10.8. The Morgan fingerprint density at radius 2 is 1.65 bits per heavy atom. The zero-order chi connectivity index (χ0) is 26.0. The lowest BCUT2D eigenvalue weighted by molar-refractivity contribution is -0.114. The summed E-state index contributed by atoms with van der Waals surface area (Å²) >= 11 is 5.08. The first-order valence-corrected chi connectivity index (χ1v) is 14.2. The third kappa shape index (κ3) is 8.31. The zero-order valence-corrected chi connectivity index (χ0v) is 23.2. The largest absolute Gasteiger partial charge is 0.325 e. The van der Waals surface area contributed by atoms with Gasteiger partial charge < -0.3 is 16.0 Å². The fraction of sp³-hybridized carbons (Fsp3) is 0.0357. The minimum Gasteiger partial charge on any atom is -0.325 e. The van der Waals surface area contributed by atoms with E-state index in [0.29, 0.717) is 11.3 Å². The molecule has 3 aromatic carbocycles. The molecule has 6 nitrogen and oxygen atoms in total. The highest BCUT2D eigenvalue weighted by atomic mass is 127. The van der Waals surface area contributed by atoms with Crippen LogP contribution >= 0.6 is 45.7 Å². The minimum atomic E-state index is -0.450. The highest BCUT2D eigenvalue weighted by Crippen LogP contribution is 2.23. The van der Waals surface area contributed by atoms with Gasteiger partial charge in [-0.05, 0) is 106 Å². The summed E-state index contributed by atoms with van der Waals surface area (Å²) in [6.07, 6.45) is 1.64. The van der Waals surface area contributed by atoms with Crippen molar-refractivity contribution in [1.29, 1.82) is 0 Å². The van der Waals surface area contributed by atoms with E-state index in [9.17, 15) is 14.4 Å². The number of amides is 3. The summed E-state index contributed by atoms with van der Waals surface area (Å²) in [5, 5.41) is 12.2. The van der Waals surface area contributed by atoms with Crippen molar-refractivity contribution in [2.24, 2.45) is 0 Å². The van der Waals surface area contributed by atoms with Gasteiger partial charge >= 0.3 is 0 Å². The first kappa shape index (κ1) is 26.6. The predicted octanol–water partition coefficient (Wildman–Crippen LogP) is 6.49. The van der Waals surface area contributed by atoms with E-state index in [4.69, 9.17) is 0 Å². The number of nitrogens with one attached hydrogen (secondary N) is 3. The van der Waals surface area contributed by atoms with Crippen LogP contribution in [0.15, 0.2) is 106 Å². The Morgan fingerprint density at radius 3 is 2.38 bits per heavy atom. The van der Waals surface area contributed by atoms with Crippen molar-refractivity contribution >= 4 is 80.9 Å². The summed E-state index contributed by atoms with van der Waals surface area (Å²) in [6.45, 7) is 0. The average Bonchev–Trinajstić information content (AvgIpc) is 3.42. The Labute approximate surface area is 236 Å². The molecule has 0 fully saturated rings. The zero-order valence-electron chi connectivity index (χ0n) is 19.4. The van der Waals surface area contributed by atoms with Crippen LogP contribution in [0.2, 0.25) is 0 Å². The highest BCUT2D eigenvalue weighted by molar-refractivity contribution is 14.1. The number of hydrogen-bond donors (Lipinski definition) is 3. The maximum Gasteiger partial charge on any atom is 0.272 e. The Balaban J connectivity index is 1.40. The van der Waals surface area contributed by atoms with Crippen molar-refractivity contribution in [1.82, 2.24) is 5.32 Å². The summed E-state index contributed by atoms with van der Waals surface area (Å²) in [7, 11) is 0. The van der Waals surface area contributed by atoms with Crippen molar-refractivity contribution < 1.29 is 14.4 Å². The molecule has 0 spiro atoms. The van der Waals surface area contributed by atoms with Gasteiger partial charge in [-0.1, -0.05) is 24.3 Å². The molecule has 0 radical (unpaired) electrons. The highest BCUT2D eigenvalue weighted by Gasteiger charge is 2.15. The first-order valence-electron chi connectivity index (χ1n) is 11.2. The summed E-state index contributed by atoms with van der Waals surface area (Å²) in [4.78, 5) is 39.0. The van der Waals surface area contributed by atoms with Gasteiger partial charge in [0.2, 0.25) is 5.91 Å². The lowest BCUT2D eigenvalue weighted by atomic mass is 10.2. The maximum absolute atomic E-state index is 13.1. The molecule has 0 bridgehead atoms. The van der Waals surface area contributed by atoms with E-state index >= 15 is 0 Å². The van der Waals surface area contributed by atoms with Gasteiger partial charge in [-0.15, -0.1) is 11.8 Å². The summed E-state index contributed by atoms with van der Waals surface area (Å²) in [5.74, 6) is -0.722. The van der Waals surface area contributed by atoms with Crippen LogP contribution in [0.1, 0.15) is 15.9 Å². The molecule has 186 valence electrons. The number of rotatable bonds is 9. The van der Waals surface area contributed by atoms with Gasteiger partial charge in [0.15, 0.2) is 0 Å². The molecule has 4 aromatic rings. The molecule has 1 heterocycles. The minimum absolute atomic E-state index is 0.120. The second-order valence-electron chi connectivity index (χ2n) is 7.76. The molecule has 0 saturated heterocycles. The molecule has 0 unspecified atom stereocenters. The van der Waals surface area contributed by atoms with E-state index in [-0.39, 0.29) is 23.3 Å². The molecule has 3 N–H and O–H groups in total. The van der Waals surface area contributed by atoms with Crippen LogP contribution in [-0.4, -0.2) is 23.5 Å². The SMILES string of the molecule is O=C(CSc1cccc(NC(=O)/C(=C/c2ccsc2)NC(=O)c2ccccc2)c1)Nc1ccc(I)cc1. The van der Waals surface area contributed by atoms with Crippen molar-refractivity contribution in [2.75, 3.05) is 16.4 Å². The number of thioether (sulfide) groups is 1. The second kappa shape index (κ2) is 13.2. The lowest BCUT2D eigenvalue weighted by Gasteiger charge is -2.12. The molecule has 9 heteroatoms. The molecule has 0 aliphatic rings. The van der Waals surface area contributed by atoms with E-state index in [1.165, 1.54) is 23.1 Å². The van der Waals surface area contributed by atoms with E-state index in [2.05, 4.69) is 38.5 Å². The number of carbonyl (C=O) groups excluding carboxylic acids is 3. The average molecular weight is 640 g/mol. The van der Waals surface area contributed by atoms with Gasteiger partial charge in [-0.25, -0.2) is 0 Å². The molecule has 3 amide bonds. The molecule has 0 aliphatic heterocycles. The molecule has 0 aliphatic carbocycles. The molecule has 37 heavy (non-hydrogen) atoms. The number of anilines is 2. The summed E-state index contributed by atoms with van der Waals surface area (Å²) in [6, 6.07) is 25.4. The standard InChI is InChI=1S/C28H22IN3O3S2/c29-21-9-11-22(12-10-21)30-26(33)18-37-24-8-4-7-23(16-24)31-28(35)25(15-19-13-14-36-17-19)32-27(34)20-5-2-1-3-6-20/h1-17H,18H2,(H,30,33)(H,31,35)(H,32,34)/b25-15-. The quantitative estimate of drug-likeness (QED) is 0.111. The molecule has 0 atom stereocenters. The van der Waals surface area contributed by atoms with Crippen molar-refractivity contribution in [3.05, 3.63) is 116 Å². The van der Waals surface area contributed by atoms with E-state index < -0.39 is 5.91 Å². The number of carbonyl (C=O) groups is 3. The van der Waals surface area contributed by atoms with Crippen molar-refractivity contribution in [3.63, 3.8) is 0 Å². The fourth-order valence-corrected chi connectivity index (χ4v) is 4.94.